The SMILES string of the molecule is Cc1cc(Nc2nc(C)c(-c3ccc(Cl)c(S(=O)(=O)NCCO)c3)s2)n(C)n1. The molecule has 2 heterocycles. The summed E-state index contributed by atoms with van der Waals surface area (Å²) in [6, 6.07) is 6.73. The summed E-state index contributed by atoms with van der Waals surface area (Å²) in [5.41, 5.74) is 2.35. The minimum Gasteiger partial charge on any atom is -0.395 e. The van der Waals surface area contributed by atoms with Gasteiger partial charge in [-0.15, -0.1) is 0 Å². The first kappa shape index (κ1) is 20.7. The number of aliphatic hydroxyl groups excluding tert-OH is 1. The van der Waals surface area contributed by atoms with Gasteiger partial charge in [-0.1, -0.05) is 29.0 Å². The van der Waals surface area contributed by atoms with Crippen molar-refractivity contribution >= 4 is 43.9 Å². The zero-order valence-electron chi connectivity index (χ0n) is 15.5. The summed E-state index contributed by atoms with van der Waals surface area (Å²) in [6.45, 7) is 3.39. The highest BCUT2D eigenvalue weighted by Gasteiger charge is 2.20. The maximum atomic E-state index is 12.4. The van der Waals surface area contributed by atoms with E-state index in [4.69, 9.17) is 16.7 Å². The molecule has 2 aromatic heterocycles. The van der Waals surface area contributed by atoms with Crippen LogP contribution in [0.4, 0.5) is 10.9 Å². The van der Waals surface area contributed by atoms with Gasteiger partial charge in [0.05, 0.1) is 27.9 Å². The van der Waals surface area contributed by atoms with Crippen molar-refractivity contribution in [2.75, 3.05) is 18.5 Å². The van der Waals surface area contributed by atoms with Crippen LogP contribution in [0.25, 0.3) is 10.4 Å². The fourth-order valence-electron chi connectivity index (χ4n) is 2.66. The van der Waals surface area contributed by atoms with Crippen molar-refractivity contribution in [3.63, 3.8) is 0 Å². The van der Waals surface area contributed by atoms with Gasteiger partial charge in [0.2, 0.25) is 10.0 Å². The number of halogens is 1. The lowest BCUT2D eigenvalue weighted by atomic mass is 10.2. The lowest BCUT2D eigenvalue weighted by Gasteiger charge is -2.09. The van der Waals surface area contributed by atoms with Gasteiger partial charge in [0.1, 0.15) is 10.7 Å². The molecule has 0 aliphatic rings. The molecule has 0 spiro atoms. The highest BCUT2D eigenvalue weighted by Crippen LogP contribution is 2.36. The van der Waals surface area contributed by atoms with Gasteiger partial charge in [-0.05, 0) is 31.5 Å². The Hall–Kier alpha value is -1.98. The molecule has 8 nitrogen and oxygen atoms in total. The van der Waals surface area contributed by atoms with E-state index in [9.17, 15) is 8.42 Å². The number of aromatic nitrogens is 3. The number of anilines is 2. The van der Waals surface area contributed by atoms with Crippen LogP contribution in [0, 0.1) is 13.8 Å². The average Bonchev–Trinajstić information content (AvgIpc) is 3.15. The maximum Gasteiger partial charge on any atom is 0.242 e. The van der Waals surface area contributed by atoms with Crippen molar-refractivity contribution in [1.29, 1.82) is 0 Å². The van der Waals surface area contributed by atoms with Crippen LogP contribution < -0.4 is 10.0 Å². The smallest absolute Gasteiger partial charge is 0.242 e. The lowest BCUT2D eigenvalue weighted by molar-refractivity contribution is 0.301. The van der Waals surface area contributed by atoms with E-state index in [2.05, 4.69) is 20.1 Å². The molecule has 0 atom stereocenters. The Morgan fingerprint density at radius 1 is 1.29 bits per heavy atom. The van der Waals surface area contributed by atoms with Gasteiger partial charge < -0.3 is 10.4 Å². The Morgan fingerprint density at radius 2 is 2.04 bits per heavy atom. The second-order valence-corrected chi connectivity index (χ2v) is 9.26. The number of aryl methyl sites for hydroxylation is 3. The van der Waals surface area contributed by atoms with Crippen LogP contribution in [0.1, 0.15) is 11.4 Å². The molecule has 11 heteroatoms. The van der Waals surface area contributed by atoms with E-state index in [-0.39, 0.29) is 23.1 Å². The van der Waals surface area contributed by atoms with E-state index < -0.39 is 10.0 Å². The molecule has 3 N–H and O–H groups in total. The molecule has 3 aromatic rings. The highest BCUT2D eigenvalue weighted by molar-refractivity contribution is 7.89. The second-order valence-electron chi connectivity index (χ2n) is 6.12. The van der Waals surface area contributed by atoms with E-state index in [0.717, 1.165) is 22.1 Å². The number of benzene rings is 1. The zero-order valence-corrected chi connectivity index (χ0v) is 17.9. The molecule has 0 saturated heterocycles. The molecule has 28 heavy (non-hydrogen) atoms. The number of hydrogen-bond donors (Lipinski definition) is 3. The molecule has 0 fully saturated rings. The van der Waals surface area contributed by atoms with Crippen molar-refractivity contribution < 1.29 is 13.5 Å². The maximum absolute atomic E-state index is 12.4. The van der Waals surface area contributed by atoms with Crippen molar-refractivity contribution in [3.8, 4) is 10.4 Å². The standard InChI is InChI=1S/C17H20ClN5O3S2/c1-10-8-15(23(3)22-10)21-17-20-11(2)16(27-17)12-4-5-13(18)14(9-12)28(25,26)19-6-7-24/h4-5,8-9,19,24H,6-7H2,1-3H3,(H,20,21). The van der Waals surface area contributed by atoms with E-state index >= 15 is 0 Å². The molecular formula is C17H20ClN5O3S2. The fourth-order valence-corrected chi connectivity index (χ4v) is 5.18. The number of aliphatic hydroxyl groups is 1. The number of hydrogen-bond acceptors (Lipinski definition) is 7. The van der Waals surface area contributed by atoms with Crippen molar-refractivity contribution in [3.05, 3.63) is 40.7 Å². The summed E-state index contributed by atoms with van der Waals surface area (Å²) < 4.78 is 28.9. The first-order valence-corrected chi connectivity index (χ1v) is 11.0. The predicted molar refractivity (Wildman–Crippen MR) is 111 cm³/mol. The predicted octanol–water partition coefficient (Wildman–Crippen LogP) is 2.83. The highest BCUT2D eigenvalue weighted by atomic mass is 35.5. The van der Waals surface area contributed by atoms with Gasteiger partial charge >= 0.3 is 0 Å². The molecule has 0 unspecified atom stereocenters. The summed E-state index contributed by atoms with van der Waals surface area (Å²) in [7, 11) is -1.99. The summed E-state index contributed by atoms with van der Waals surface area (Å²) in [4.78, 5) is 5.32. The Bertz CT molecular complexity index is 1110. The quantitative estimate of drug-likeness (QED) is 0.520. The number of nitrogens with zero attached hydrogens (tertiary/aromatic N) is 3. The minimum absolute atomic E-state index is 0.0373. The topological polar surface area (TPSA) is 109 Å². The summed E-state index contributed by atoms with van der Waals surface area (Å²) in [5.74, 6) is 0.811. The second kappa shape index (κ2) is 8.18. The molecule has 0 radical (unpaired) electrons. The first-order valence-electron chi connectivity index (χ1n) is 8.37. The summed E-state index contributed by atoms with van der Waals surface area (Å²) in [5, 5.41) is 17.2. The first-order chi connectivity index (χ1) is 13.2. The van der Waals surface area contributed by atoms with E-state index in [1.54, 1.807) is 16.8 Å². The average molecular weight is 442 g/mol. The number of thiazole rings is 1. The van der Waals surface area contributed by atoms with Crippen molar-refractivity contribution in [1.82, 2.24) is 19.5 Å². The monoisotopic (exact) mass is 441 g/mol. The third-order valence-corrected chi connectivity index (χ3v) is 6.98. The van der Waals surface area contributed by atoms with Gasteiger partial charge in [0.15, 0.2) is 5.13 Å². The van der Waals surface area contributed by atoms with Crippen molar-refractivity contribution in [2.24, 2.45) is 7.05 Å². The van der Waals surface area contributed by atoms with Gasteiger partial charge in [-0.3, -0.25) is 4.68 Å². The van der Waals surface area contributed by atoms with Gasteiger partial charge in [0.25, 0.3) is 0 Å². The molecule has 3 rings (SSSR count). The molecular weight excluding hydrogens is 422 g/mol. The fraction of sp³-hybridized carbons (Fsp3) is 0.294. The summed E-state index contributed by atoms with van der Waals surface area (Å²) in [6.07, 6.45) is 0. The molecule has 0 saturated carbocycles. The number of nitrogens with one attached hydrogen (secondary N) is 2. The number of sulfonamides is 1. The van der Waals surface area contributed by atoms with Crippen LogP contribution in [0.3, 0.4) is 0 Å². The molecule has 0 aliphatic carbocycles. The van der Waals surface area contributed by atoms with Gasteiger partial charge in [-0.25, -0.2) is 18.1 Å². The van der Waals surface area contributed by atoms with Crippen LogP contribution in [0.15, 0.2) is 29.2 Å². The third kappa shape index (κ3) is 4.36. The Kier molecular flexibility index (Phi) is 6.06. The Morgan fingerprint density at radius 3 is 2.68 bits per heavy atom. The lowest BCUT2D eigenvalue weighted by Crippen LogP contribution is -2.26. The zero-order chi connectivity index (χ0) is 20.5. The van der Waals surface area contributed by atoms with Crippen LogP contribution in [0.5, 0.6) is 0 Å². The summed E-state index contributed by atoms with van der Waals surface area (Å²) >= 11 is 7.51. The molecule has 1 aromatic carbocycles. The van der Waals surface area contributed by atoms with Crippen LogP contribution in [-0.2, 0) is 17.1 Å². The molecule has 0 aliphatic heterocycles. The minimum atomic E-state index is -3.83. The van der Waals surface area contributed by atoms with Crippen LogP contribution in [-0.4, -0.2) is 41.4 Å². The van der Waals surface area contributed by atoms with Crippen molar-refractivity contribution in [2.45, 2.75) is 18.7 Å². The van der Waals surface area contributed by atoms with Crippen LogP contribution in [0.2, 0.25) is 5.02 Å². The Labute approximate surface area is 172 Å². The largest absolute Gasteiger partial charge is 0.395 e. The third-order valence-electron chi connectivity index (χ3n) is 3.92. The number of rotatable bonds is 7. The van der Waals surface area contributed by atoms with E-state index in [1.165, 1.54) is 17.4 Å². The molecule has 0 amide bonds. The van der Waals surface area contributed by atoms with Gasteiger partial charge in [-0.2, -0.15) is 5.10 Å². The van der Waals surface area contributed by atoms with Crippen LogP contribution >= 0.6 is 22.9 Å². The van der Waals surface area contributed by atoms with E-state index in [0.29, 0.717) is 10.7 Å². The van der Waals surface area contributed by atoms with Gasteiger partial charge in [0, 0.05) is 19.7 Å². The molecule has 150 valence electrons. The normalized spacial score (nSPS) is 11.8. The molecule has 0 bridgehead atoms. The van der Waals surface area contributed by atoms with E-state index in [1.807, 2.05) is 27.0 Å². The Balaban J connectivity index is 1.95.